The van der Waals surface area contributed by atoms with Gasteiger partial charge in [-0.2, -0.15) is 0 Å². The number of nitrogens with zero attached hydrogens (tertiary/aromatic N) is 5. The highest BCUT2D eigenvalue weighted by Gasteiger charge is 2.23. The van der Waals surface area contributed by atoms with Crippen molar-refractivity contribution in [1.82, 2.24) is 24.5 Å². The van der Waals surface area contributed by atoms with Gasteiger partial charge < -0.3 is 15.8 Å². The lowest BCUT2D eigenvalue weighted by molar-refractivity contribution is 0.00506. The van der Waals surface area contributed by atoms with E-state index in [1.807, 2.05) is 18.2 Å². The Balaban J connectivity index is 1.43. The van der Waals surface area contributed by atoms with Crippen LogP contribution in [0.2, 0.25) is 0 Å². The largest absolute Gasteiger partial charge is 0.381 e. The third kappa shape index (κ3) is 4.01. The normalized spacial score (nSPS) is 16.7. The van der Waals surface area contributed by atoms with Crippen molar-refractivity contribution in [1.29, 1.82) is 0 Å². The van der Waals surface area contributed by atoms with Crippen molar-refractivity contribution in [2.24, 2.45) is 0 Å². The molecule has 10 heteroatoms. The molecule has 168 valence electrons. The van der Waals surface area contributed by atoms with Crippen LogP contribution >= 0.6 is 0 Å². The van der Waals surface area contributed by atoms with Crippen LogP contribution in [-0.4, -0.2) is 57.2 Å². The van der Waals surface area contributed by atoms with Crippen molar-refractivity contribution in [2.45, 2.75) is 6.04 Å². The number of likely N-dealkylation sites (N-methyl/N-ethyl adjacent to an activating group) is 1. The zero-order valence-corrected chi connectivity index (χ0v) is 17.9. The third-order valence-electron chi connectivity index (χ3n) is 5.77. The van der Waals surface area contributed by atoms with E-state index >= 15 is 0 Å². The first-order valence-corrected chi connectivity index (χ1v) is 10.4. The number of morpholine rings is 1. The molecule has 3 N–H and O–H groups in total. The minimum absolute atomic E-state index is 0.0424. The van der Waals surface area contributed by atoms with E-state index in [2.05, 4.69) is 44.5 Å². The first-order chi connectivity index (χ1) is 16.0. The highest BCUT2D eigenvalue weighted by molar-refractivity contribution is 6.12. The molecule has 1 fully saturated rings. The summed E-state index contributed by atoms with van der Waals surface area (Å²) >= 11 is 0. The lowest BCUT2D eigenvalue weighted by Gasteiger charge is -2.32. The first-order valence-electron chi connectivity index (χ1n) is 10.4. The second-order valence-electron chi connectivity index (χ2n) is 7.87. The summed E-state index contributed by atoms with van der Waals surface area (Å²) in [5.74, 6) is -1.13. The van der Waals surface area contributed by atoms with Crippen LogP contribution in [0.4, 0.5) is 15.9 Å². The molecule has 3 aromatic heterocycles. The van der Waals surface area contributed by atoms with Gasteiger partial charge in [0.25, 0.3) is 5.91 Å². The molecule has 1 saturated heterocycles. The van der Waals surface area contributed by atoms with E-state index in [9.17, 15) is 9.18 Å². The minimum atomic E-state index is -0.582. The minimum Gasteiger partial charge on any atom is -0.381 e. The van der Waals surface area contributed by atoms with E-state index < -0.39 is 11.7 Å². The van der Waals surface area contributed by atoms with Gasteiger partial charge in [-0.1, -0.05) is 24.3 Å². The highest BCUT2D eigenvalue weighted by atomic mass is 19.1. The summed E-state index contributed by atoms with van der Waals surface area (Å²) in [6, 6.07) is 10.2. The predicted octanol–water partition coefficient (Wildman–Crippen LogP) is 2.77. The molecular formula is C23H22FN7O2. The maximum atomic E-state index is 13.5. The maximum Gasteiger partial charge on any atom is 0.263 e. The van der Waals surface area contributed by atoms with Crippen LogP contribution in [0.3, 0.4) is 0 Å². The van der Waals surface area contributed by atoms with Gasteiger partial charge in [0, 0.05) is 18.3 Å². The quantitative estimate of drug-likeness (QED) is 0.495. The molecule has 1 amide bonds. The SMILES string of the molecule is CN1CCOCC1c1ccc(-c2ccncc2NC(=O)c2c(N)nn3cc(F)cnc23)cc1. The second-order valence-corrected chi connectivity index (χ2v) is 7.87. The summed E-state index contributed by atoms with van der Waals surface area (Å²) in [5, 5.41) is 6.83. The molecule has 4 aromatic rings. The van der Waals surface area contributed by atoms with Crippen molar-refractivity contribution >= 4 is 23.1 Å². The molecular weight excluding hydrogens is 425 g/mol. The fraction of sp³-hybridized carbons (Fsp3) is 0.217. The number of nitrogens with two attached hydrogens (primary N) is 1. The zero-order valence-electron chi connectivity index (χ0n) is 17.9. The standard InChI is InChI=1S/C23H22FN7O2/c1-30-8-9-33-13-19(30)15-4-2-14(3-5-15)17-6-7-26-11-18(17)28-23(32)20-21(25)29-31-12-16(24)10-27-22(20)31/h2-7,10-12,19H,8-9,13H2,1H3,(H2,25,29)(H,28,32). The molecule has 1 atom stereocenters. The Kier molecular flexibility index (Phi) is 5.45. The third-order valence-corrected chi connectivity index (χ3v) is 5.77. The van der Waals surface area contributed by atoms with E-state index in [1.54, 1.807) is 12.4 Å². The van der Waals surface area contributed by atoms with E-state index in [1.165, 1.54) is 0 Å². The Morgan fingerprint density at radius 3 is 2.85 bits per heavy atom. The van der Waals surface area contributed by atoms with Crippen molar-refractivity contribution in [3.05, 3.63) is 72.1 Å². The predicted molar refractivity (Wildman–Crippen MR) is 121 cm³/mol. The van der Waals surface area contributed by atoms with Gasteiger partial charge in [0.15, 0.2) is 17.3 Å². The number of hydrogen-bond acceptors (Lipinski definition) is 7. The number of nitrogen functional groups attached to an aromatic ring is 1. The molecule has 0 bridgehead atoms. The van der Waals surface area contributed by atoms with Gasteiger partial charge in [-0.3, -0.25) is 14.7 Å². The van der Waals surface area contributed by atoms with Gasteiger partial charge >= 0.3 is 0 Å². The average Bonchev–Trinajstić information content (AvgIpc) is 3.15. The van der Waals surface area contributed by atoms with Crippen LogP contribution in [0.5, 0.6) is 0 Å². The maximum absolute atomic E-state index is 13.5. The van der Waals surface area contributed by atoms with Crippen LogP contribution in [0.15, 0.2) is 55.1 Å². The van der Waals surface area contributed by atoms with E-state index in [4.69, 9.17) is 10.5 Å². The van der Waals surface area contributed by atoms with Gasteiger partial charge in [0.1, 0.15) is 5.56 Å². The average molecular weight is 447 g/mol. The molecule has 0 radical (unpaired) electrons. The molecule has 1 aliphatic heterocycles. The summed E-state index contributed by atoms with van der Waals surface area (Å²) in [6.45, 7) is 2.29. The van der Waals surface area contributed by atoms with Crippen molar-refractivity contribution in [2.75, 3.05) is 37.9 Å². The number of carbonyl (C=O) groups excluding carboxylic acids is 1. The lowest BCUT2D eigenvalue weighted by Crippen LogP contribution is -2.36. The number of carbonyl (C=O) groups is 1. The molecule has 0 saturated carbocycles. The molecule has 33 heavy (non-hydrogen) atoms. The summed E-state index contributed by atoms with van der Waals surface area (Å²) in [7, 11) is 2.09. The number of nitrogens with one attached hydrogen (secondary N) is 1. The molecule has 5 rings (SSSR count). The summed E-state index contributed by atoms with van der Waals surface area (Å²) in [4.78, 5) is 23.4. The zero-order chi connectivity index (χ0) is 22.9. The molecule has 4 heterocycles. The highest BCUT2D eigenvalue weighted by Crippen LogP contribution is 2.31. The van der Waals surface area contributed by atoms with Crippen LogP contribution in [0, 0.1) is 5.82 Å². The summed E-state index contributed by atoms with van der Waals surface area (Å²) in [6.07, 6.45) is 5.36. The topological polar surface area (TPSA) is 111 Å². The Bertz CT molecular complexity index is 1320. The van der Waals surface area contributed by atoms with E-state index in [-0.39, 0.29) is 23.1 Å². The fourth-order valence-corrected chi connectivity index (χ4v) is 4.00. The van der Waals surface area contributed by atoms with Crippen LogP contribution in [0.1, 0.15) is 22.0 Å². The lowest BCUT2D eigenvalue weighted by atomic mass is 9.99. The van der Waals surface area contributed by atoms with Gasteiger partial charge in [0.2, 0.25) is 0 Å². The molecule has 9 nitrogen and oxygen atoms in total. The Hall–Kier alpha value is -3.89. The van der Waals surface area contributed by atoms with Crippen LogP contribution < -0.4 is 11.1 Å². The first kappa shape index (κ1) is 21.0. The van der Waals surface area contributed by atoms with Crippen LogP contribution in [-0.2, 0) is 4.74 Å². The number of hydrogen-bond donors (Lipinski definition) is 2. The smallest absolute Gasteiger partial charge is 0.263 e. The molecule has 1 aliphatic rings. The number of amides is 1. The number of aromatic nitrogens is 4. The van der Waals surface area contributed by atoms with Crippen molar-refractivity contribution in [3.63, 3.8) is 0 Å². The number of rotatable bonds is 4. The van der Waals surface area contributed by atoms with Gasteiger partial charge in [-0.25, -0.2) is 13.9 Å². The van der Waals surface area contributed by atoms with Crippen molar-refractivity contribution in [3.8, 4) is 11.1 Å². The monoisotopic (exact) mass is 447 g/mol. The Morgan fingerprint density at radius 1 is 1.24 bits per heavy atom. The number of benzene rings is 1. The van der Waals surface area contributed by atoms with Crippen molar-refractivity contribution < 1.29 is 13.9 Å². The number of anilines is 2. The van der Waals surface area contributed by atoms with Gasteiger partial charge in [0.05, 0.1) is 43.5 Å². The second kappa shape index (κ2) is 8.57. The Labute approximate surface area is 189 Å². The number of halogens is 1. The van der Waals surface area contributed by atoms with Gasteiger partial charge in [-0.15, -0.1) is 5.10 Å². The molecule has 1 aromatic carbocycles. The van der Waals surface area contributed by atoms with E-state index in [0.29, 0.717) is 12.3 Å². The summed E-state index contributed by atoms with van der Waals surface area (Å²) in [5.41, 5.74) is 9.55. The summed E-state index contributed by atoms with van der Waals surface area (Å²) < 4.78 is 20.2. The van der Waals surface area contributed by atoms with E-state index in [0.717, 1.165) is 46.8 Å². The van der Waals surface area contributed by atoms with Gasteiger partial charge in [-0.05, 0) is 24.2 Å². The fourth-order valence-electron chi connectivity index (χ4n) is 4.00. The molecule has 1 unspecified atom stereocenters. The number of ether oxygens (including phenoxy) is 1. The van der Waals surface area contributed by atoms with Crippen LogP contribution in [0.25, 0.3) is 16.8 Å². The Morgan fingerprint density at radius 2 is 2.06 bits per heavy atom. The number of fused-ring (bicyclic) bond motifs is 1. The number of pyridine rings is 1. The molecule has 0 aliphatic carbocycles. The molecule has 0 spiro atoms.